The standard InChI is InChI=1S/C22H28ClN5OS/c1-5-7-11-24-20(29)19(6-2)30-22-26-21-25-14(3)18(15(4)28(21)27-22)13-16-9-8-10-17(23)12-16/h8-10,12,19H,5-7,11,13H2,1-4H3,(H,24,29). The van der Waals surface area contributed by atoms with Gasteiger partial charge < -0.3 is 5.32 Å². The van der Waals surface area contributed by atoms with E-state index in [-0.39, 0.29) is 11.2 Å². The van der Waals surface area contributed by atoms with Crippen molar-refractivity contribution in [2.45, 2.75) is 63.8 Å². The molecule has 1 amide bonds. The molecule has 0 aliphatic rings. The summed E-state index contributed by atoms with van der Waals surface area (Å²) in [5.41, 5.74) is 4.15. The van der Waals surface area contributed by atoms with Crippen LogP contribution in [-0.2, 0) is 11.2 Å². The van der Waals surface area contributed by atoms with E-state index in [9.17, 15) is 4.79 Å². The molecular formula is C22H28ClN5OS. The Hall–Kier alpha value is -2.12. The second-order valence-corrected chi connectivity index (χ2v) is 8.94. The number of rotatable bonds is 9. The van der Waals surface area contributed by atoms with Crippen LogP contribution in [0.2, 0.25) is 5.02 Å². The van der Waals surface area contributed by atoms with Crippen LogP contribution in [0, 0.1) is 13.8 Å². The molecule has 1 aromatic carbocycles. The van der Waals surface area contributed by atoms with Crippen LogP contribution in [0.5, 0.6) is 0 Å². The lowest BCUT2D eigenvalue weighted by Gasteiger charge is -2.12. The normalized spacial score (nSPS) is 12.3. The Morgan fingerprint density at radius 3 is 2.77 bits per heavy atom. The van der Waals surface area contributed by atoms with E-state index >= 15 is 0 Å². The van der Waals surface area contributed by atoms with E-state index in [4.69, 9.17) is 11.6 Å². The highest BCUT2D eigenvalue weighted by atomic mass is 35.5. The predicted molar refractivity (Wildman–Crippen MR) is 122 cm³/mol. The lowest BCUT2D eigenvalue weighted by molar-refractivity contribution is -0.120. The number of aryl methyl sites for hydroxylation is 2. The zero-order chi connectivity index (χ0) is 21.7. The predicted octanol–water partition coefficient (Wildman–Crippen LogP) is 4.77. The average molecular weight is 446 g/mol. The number of unbranched alkanes of at least 4 members (excludes halogenated alkanes) is 1. The number of fused-ring (bicyclic) bond motifs is 1. The summed E-state index contributed by atoms with van der Waals surface area (Å²) in [5, 5.41) is 8.72. The van der Waals surface area contributed by atoms with Gasteiger partial charge >= 0.3 is 0 Å². The zero-order valence-electron chi connectivity index (χ0n) is 17.9. The van der Waals surface area contributed by atoms with Crippen LogP contribution in [0.1, 0.15) is 55.6 Å². The Bertz CT molecular complexity index is 1040. The molecule has 160 valence electrons. The van der Waals surface area contributed by atoms with Crippen molar-refractivity contribution in [2.75, 3.05) is 6.54 Å². The molecule has 0 fully saturated rings. The number of hydrogen-bond acceptors (Lipinski definition) is 5. The van der Waals surface area contributed by atoms with Crippen LogP contribution in [0.25, 0.3) is 5.78 Å². The van der Waals surface area contributed by atoms with Gasteiger partial charge in [-0.15, -0.1) is 5.10 Å². The largest absolute Gasteiger partial charge is 0.355 e. The monoisotopic (exact) mass is 445 g/mol. The molecule has 0 bridgehead atoms. The highest BCUT2D eigenvalue weighted by Gasteiger charge is 2.21. The molecule has 0 saturated heterocycles. The second kappa shape index (κ2) is 10.3. The molecule has 0 aliphatic heterocycles. The maximum absolute atomic E-state index is 12.5. The van der Waals surface area contributed by atoms with Crippen molar-refractivity contribution >= 4 is 35.0 Å². The van der Waals surface area contributed by atoms with Crippen molar-refractivity contribution in [1.82, 2.24) is 24.9 Å². The smallest absolute Gasteiger partial charge is 0.253 e. The molecular weight excluding hydrogens is 418 g/mol. The van der Waals surface area contributed by atoms with Crippen molar-refractivity contribution in [2.24, 2.45) is 0 Å². The summed E-state index contributed by atoms with van der Waals surface area (Å²) in [5.74, 6) is 0.598. The Morgan fingerprint density at radius 2 is 2.07 bits per heavy atom. The first-order valence-corrected chi connectivity index (χ1v) is 11.6. The zero-order valence-corrected chi connectivity index (χ0v) is 19.5. The number of benzene rings is 1. The third-order valence-corrected chi connectivity index (χ3v) is 6.49. The van der Waals surface area contributed by atoms with Gasteiger partial charge in [-0.25, -0.2) is 9.50 Å². The first-order valence-electron chi connectivity index (χ1n) is 10.3. The van der Waals surface area contributed by atoms with Crippen molar-refractivity contribution in [3.05, 3.63) is 51.8 Å². The summed E-state index contributed by atoms with van der Waals surface area (Å²) >= 11 is 7.53. The first-order chi connectivity index (χ1) is 14.4. The number of hydrogen-bond donors (Lipinski definition) is 1. The Morgan fingerprint density at radius 1 is 1.27 bits per heavy atom. The van der Waals surface area contributed by atoms with Gasteiger partial charge in [0.15, 0.2) is 0 Å². The Kier molecular flexibility index (Phi) is 7.72. The number of nitrogens with zero attached hydrogens (tertiary/aromatic N) is 4. The van der Waals surface area contributed by atoms with Crippen LogP contribution < -0.4 is 5.32 Å². The molecule has 0 radical (unpaired) electrons. The van der Waals surface area contributed by atoms with E-state index in [0.717, 1.165) is 46.8 Å². The summed E-state index contributed by atoms with van der Waals surface area (Å²) < 4.78 is 1.77. The molecule has 1 unspecified atom stereocenters. The minimum atomic E-state index is -0.216. The molecule has 1 N–H and O–H groups in total. The van der Waals surface area contributed by atoms with Gasteiger partial charge in [-0.1, -0.05) is 55.8 Å². The number of carbonyl (C=O) groups is 1. The maximum atomic E-state index is 12.5. The van der Waals surface area contributed by atoms with Crippen LogP contribution in [0.3, 0.4) is 0 Å². The molecule has 2 heterocycles. The average Bonchev–Trinajstić information content (AvgIpc) is 3.12. The van der Waals surface area contributed by atoms with Gasteiger partial charge in [-0.05, 0) is 49.9 Å². The number of thioether (sulfide) groups is 1. The fraction of sp³-hybridized carbons (Fsp3) is 0.455. The molecule has 8 heteroatoms. The third-order valence-electron chi connectivity index (χ3n) is 5.04. The van der Waals surface area contributed by atoms with Gasteiger partial charge in [0, 0.05) is 29.4 Å². The van der Waals surface area contributed by atoms with Gasteiger partial charge in [0.05, 0.1) is 5.25 Å². The molecule has 1 atom stereocenters. The number of halogens is 1. The fourth-order valence-electron chi connectivity index (χ4n) is 3.30. The lowest BCUT2D eigenvalue weighted by atomic mass is 10.0. The van der Waals surface area contributed by atoms with Crippen molar-refractivity contribution in [3.8, 4) is 0 Å². The summed E-state index contributed by atoms with van der Waals surface area (Å²) in [7, 11) is 0. The molecule has 6 nitrogen and oxygen atoms in total. The highest BCUT2D eigenvalue weighted by molar-refractivity contribution is 8.00. The molecule has 2 aromatic heterocycles. The van der Waals surface area contributed by atoms with Gasteiger partial charge in [-0.2, -0.15) is 4.98 Å². The quantitative estimate of drug-likeness (QED) is 0.379. The van der Waals surface area contributed by atoms with Crippen molar-refractivity contribution < 1.29 is 4.79 Å². The van der Waals surface area contributed by atoms with Crippen LogP contribution in [0.15, 0.2) is 29.4 Å². The molecule has 30 heavy (non-hydrogen) atoms. The van der Waals surface area contributed by atoms with E-state index in [1.54, 1.807) is 4.52 Å². The van der Waals surface area contributed by atoms with E-state index in [2.05, 4.69) is 33.4 Å². The van der Waals surface area contributed by atoms with Crippen LogP contribution >= 0.6 is 23.4 Å². The number of aromatic nitrogens is 4. The van der Waals surface area contributed by atoms with Gasteiger partial charge in [0.2, 0.25) is 11.1 Å². The topological polar surface area (TPSA) is 72.2 Å². The van der Waals surface area contributed by atoms with Gasteiger partial charge in [0.25, 0.3) is 5.78 Å². The minimum absolute atomic E-state index is 0.0392. The molecule has 0 spiro atoms. The van der Waals surface area contributed by atoms with Crippen LogP contribution in [0.4, 0.5) is 0 Å². The molecule has 0 saturated carbocycles. The van der Waals surface area contributed by atoms with Crippen molar-refractivity contribution in [3.63, 3.8) is 0 Å². The Balaban J connectivity index is 1.83. The molecule has 0 aliphatic carbocycles. The van der Waals surface area contributed by atoms with E-state index in [1.807, 2.05) is 39.0 Å². The fourth-order valence-corrected chi connectivity index (χ4v) is 4.39. The lowest BCUT2D eigenvalue weighted by Crippen LogP contribution is -2.33. The van der Waals surface area contributed by atoms with E-state index in [1.165, 1.54) is 11.8 Å². The molecule has 3 aromatic rings. The minimum Gasteiger partial charge on any atom is -0.355 e. The van der Waals surface area contributed by atoms with Crippen LogP contribution in [-0.4, -0.2) is 37.3 Å². The first kappa shape index (κ1) is 22.6. The Labute approximate surface area is 186 Å². The number of nitrogens with one attached hydrogen (secondary N) is 1. The molecule has 3 rings (SSSR count). The number of amides is 1. The maximum Gasteiger partial charge on any atom is 0.253 e. The van der Waals surface area contributed by atoms with E-state index in [0.29, 0.717) is 23.9 Å². The SMILES string of the molecule is CCCCNC(=O)C(CC)Sc1nc2nc(C)c(Cc3cccc(Cl)c3)c(C)n2n1. The van der Waals surface area contributed by atoms with Crippen molar-refractivity contribution in [1.29, 1.82) is 0 Å². The third kappa shape index (κ3) is 5.32. The van der Waals surface area contributed by atoms with E-state index < -0.39 is 0 Å². The summed E-state index contributed by atoms with van der Waals surface area (Å²) in [4.78, 5) is 21.7. The summed E-state index contributed by atoms with van der Waals surface area (Å²) in [6.07, 6.45) is 3.47. The second-order valence-electron chi connectivity index (χ2n) is 7.33. The summed E-state index contributed by atoms with van der Waals surface area (Å²) in [6, 6.07) is 7.85. The summed E-state index contributed by atoms with van der Waals surface area (Å²) in [6.45, 7) is 8.84. The highest BCUT2D eigenvalue weighted by Crippen LogP contribution is 2.25. The number of carbonyl (C=O) groups excluding carboxylic acids is 1. The van der Waals surface area contributed by atoms with Gasteiger partial charge in [-0.3, -0.25) is 4.79 Å². The van der Waals surface area contributed by atoms with Gasteiger partial charge in [0.1, 0.15) is 0 Å².